The van der Waals surface area contributed by atoms with Gasteiger partial charge in [-0.05, 0) is 35.3 Å². The number of H-pyrrole nitrogens is 1. The minimum Gasteiger partial charge on any atom is -0.500 e. The number of benzene rings is 2. The number of nitrogens with one attached hydrogen (secondary N) is 2. The molecule has 1 aromatic heterocycles. The highest BCUT2D eigenvalue weighted by molar-refractivity contribution is 5.74. The number of para-hydroxylation sites is 2. The fourth-order valence-electron chi connectivity index (χ4n) is 3.97. The molecule has 30 heavy (non-hydrogen) atoms. The van der Waals surface area contributed by atoms with Gasteiger partial charge in [0, 0.05) is 25.4 Å². The molecule has 1 atom stereocenters. The summed E-state index contributed by atoms with van der Waals surface area (Å²) in [6, 6.07) is 19.1. The highest BCUT2D eigenvalue weighted by Gasteiger charge is 2.14. The first-order valence-corrected chi connectivity index (χ1v) is 10.6. The lowest BCUT2D eigenvalue weighted by molar-refractivity contribution is 0.280. The van der Waals surface area contributed by atoms with Crippen LogP contribution in [0.25, 0.3) is 11.0 Å². The topological polar surface area (TPSA) is 49.9 Å². The molecule has 2 N–H and O–H groups in total. The molecule has 0 saturated heterocycles. The number of nitrogens with zero attached hydrogens (tertiary/aromatic N) is 1. The zero-order chi connectivity index (χ0) is 20.8. The third-order valence-corrected chi connectivity index (χ3v) is 5.56. The Morgan fingerprint density at radius 3 is 2.67 bits per heavy atom. The van der Waals surface area contributed by atoms with Crippen molar-refractivity contribution in [1.82, 2.24) is 15.3 Å². The van der Waals surface area contributed by atoms with Crippen molar-refractivity contribution in [2.45, 2.75) is 32.2 Å². The largest absolute Gasteiger partial charge is 0.500 e. The van der Waals surface area contributed by atoms with Gasteiger partial charge < -0.3 is 15.0 Å². The second kappa shape index (κ2) is 9.59. The Morgan fingerprint density at radius 1 is 1.10 bits per heavy atom. The van der Waals surface area contributed by atoms with Gasteiger partial charge in [-0.1, -0.05) is 67.6 Å². The number of imidazole rings is 1. The number of ether oxygens (including phenoxy) is 1. The average molecular weight is 400 g/mol. The van der Waals surface area contributed by atoms with Gasteiger partial charge in [0.2, 0.25) is 0 Å². The summed E-state index contributed by atoms with van der Waals surface area (Å²) in [7, 11) is 1.75. The lowest BCUT2D eigenvalue weighted by Gasteiger charge is -2.18. The lowest BCUT2D eigenvalue weighted by Crippen LogP contribution is -2.22. The van der Waals surface area contributed by atoms with Gasteiger partial charge in [-0.15, -0.1) is 0 Å². The molecule has 4 rings (SSSR count). The number of aromatic amines is 1. The van der Waals surface area contributed by atoms with Crippen molar-refractivity contribution in [1.29, 1.82) is 0 Å². The van der Waals surface area contributed by atoms with Crippen LogP contribution in [-0.2, 0) is 11.2 Å². The van der Waals surface area contributed by atoms with E-state index in [-0.39, 0.29) is 0 Å². The fourth-order valence-corrected chi connectivity index (χ4v) is 3.97. The molecule has 0 amide bonds. The Morgan fingerprint density at radius 2 is 1.90 bits per heavy atom. The van der Waals surface area contributed by atoms with Crippen molar-refractivity contribution in [3.8, 4) is 0 Å². The van der Waals surface area contributed by atoms with Gasteiger partial charge in [0.05, 0.1) is 18.1 Å². The van der Waals surface area contributed by atoms with Crippen LogP contribution >= 0.6 is 0 Å². The maximum atomic E-state index is 5.72. The van der Waals surface area contributed by atoms with Crippen molar-refractivity contribution in [2.24, 2.45) is 0 Å². The first-order valence-electron chi connectivity index (χ1n) is 10.6. The number of fused-ring (bicyclic) bond motifs is 1. The van der Waals surface area contributed by atoms with E-state index >= 15 is 0 Å². The van der Waals surface area contributed by atoms with Crippen molar-refractivity contribution in [3.05, 3.63) is 101 Å². The van der Waals surface area contributed by atoms with E-state index in [0.29, 0.717) is 6.04 Å². The van der Waals surface area contributed by atoms with E-state index in [1.807, 2.05) is 18.2 Å². The van der Waals surface area contributed by atoms with Crippen molar-refractivity contribution in [2.75, 3.05) is 13.7 Å². The van der Waals surface area contributed by atoms with Crippen LogP contribution < -0.4 is 5.32 Å². The second-order valence-electron chi connectivity index (χ2n) is 7.61. The molecule has 0 bridgehead atoms. The van der Waals surface area contributed by atoms with Crippen LogP contribution in [0.3, 0.4) is 0 Å². The van der Waals surface area contributed by atoms with Crippen LogP contribution in [0, 0.1) is 0 Å². The molecule has 0 unspecified atom stereocenters. The maximum Gasteiger partial charge on any atom is 0.111 e. The number of hydrogen-bond donors (Lipinski definition) is 2. The zero-order valence-corrected chi connectivity index (χ0v) is 17.7. The van der Waals surface area contributed by atoms with E-state index in [2.05, 4.69) is 71.9 Å². The number of methoxy groups -OCH3 is 1. The smallest absolute Gasteiger partial charge is 0.111 e. The summed E-state index contributed by atoms with van der Waals surface area (Å²) in [5, 5.41) is 3.72. The molecule has 0 spiro atoms. The van der Waals surface area contributed by atoms with E-state index in [9.17, 15) is 0 Å². The van der Waals surface area contributed by atoms with Gasteiger partial charge in [-0.3, -0.25) is 0 Å². The molecule has 0 saturated carbocycles. The maximum absolute atomic E-state index is 5.72. The standard InChI is InChI=1S/C26H29N3O/c1-3-22(20-11-5-4-6-12-20)27-18-19-10-9-15-25(30-2)21(16-19)17-26-28-23-13-7-8-14-24(23)29-26/h4-14,16,22,27H,3,15,17-18H2,1-2H3,(H,28,29)/t22-/m1/s1. The van der Waals surface area contributed by atoms with E-state index in [1.165, 1.54) is 16.7 Å². The molecule has 0 fully saturated rings. The highest BCUT2D eigenvalue weighted by Crippen LogP contribution is 2.23. The monoisotopic (exact) mass is 399 g/mol. The first-order chi connectivity index (χ1) is 14.8. The molecule has 4 nitrogen and oxygen atoms in total. The van der Waals surface area contributed by atoms with Gasteiger partial charge in [0.15, 0.2) is 0 Å². The van der Waals surface area contributed by atoms with Crippen molar-refractivity contribution >= 4 is 11.0 Å². The second-order valence-corrected chi connectivity index (χ2v) is 7.61. The molecule has 0 radical (unpaired) electrons. The molecule has 154 valence electrons. The molecule has 3 aromatic rings. The van der Waals surface area contributed by atoms with E-state index in [1.54, 1.807) is 7.11 Å². The van der Waals surface area contributed by atoms with Crippen LogP contribution in [0.15, 0.2) is 89.7 Å². The quantitative estimate of drug-likeness (QED) is 0.516. The number of allylic oxidation sites excluding steroid dienone is 3. The van der Waals surface area contributed by atoms with Crippen LogP contribution in [0.4, 0.5) is 0 Å². The van der Waals surface area contributed by atoms with E-state index in [0.717, 1.165) is 48.4 Å². The molecular weight excluding hydrogens is 370 g/mol. The van der Waals surface area contributed by atoms with Crippen LogP contribution in [0.5, 0.6) is 0 Å². The van der Waals surface area contributed by atoms with E-state index in [4.69, 9.17) is 9.72 Å². The number of rotatable bonds is 8. The minimum absolute atomic E-state index is 0.341. The Labute approximate surface area is 178 Å². The normalized spacial score (nSPS) is 15.2. The van der Waals surface area contributed by atoms with Crippen LogP contribution in [0.1, 0.15) is 37.2 Å². The zero-order valence-electron chi connectivity index (χ0n) is 17.7. The molecule has 4 heteroatoms. The van der Waals surface area contributed by atoms with Crippen LogP contribution in [-0.4, -0.2) is 23.6 Å². The first kappa shape index (κ1) is 20.2. The third-order valence-electron chi connectivity index (χ3n) is 5.56. The van der Waals surface area contributed by atoms with Gasteiger partial charge in [0.25, 0.3) is 0 Å². The Hall–Kier alpha value is -3.11. The number of hydrogen-bond acceptors (Lipinski definition) is 3. The molecule has 1 aliphatic carbocycles. The predicted molar refractivity (Wildman–Crippen MR) is 123 cm³/mol. The van der Waals surface area contributed by atoms with Gasteiger partial charge in [0.1, 0.15) is 11.6 Å². The summed E-state index contributed by atoms with van der Waals surface area (Å²) in [6.45, 7) is 3.03. The Kier molecular flexibility index (Phi) is 6.45. The summed E-state index contributed by atoms with van der Waals surface area (Å²) in [5.41, 5.74) is 5.82. The van der Waals surface area contributed by atoms with Crippen molar-refractivity contribution < 1.29 is 4.74 Å². The van der Waals surface area contributed by atoms with E-state index < -0.39 is 0 Å². The molecule has 0 aliphatic heterocycles. The predicted octanol–water partition coefficient (Wildman–Crippen LogP) is 5.63. The third kappa shape index (κ3) is 4.71. The molecule has 2 aromatic carbocycles. The average Bonchev–Trinajstić information content (AvgIpc) is 3.09. The summed E-state index contributed by atoms with van der Waals surface area (Å²) < 4.78 is 5.72. The van der Waals surface area contributed by atoms with Gasteiger partial charge in [-0.25, -0.2) is 4.98 Å². The van der Waals surface area contributed by atoms with Gasteiger partial charge in [-0.2, -0.15) is 0 Å². The highest BCUT2D eigenvalue weighted by atomic mass is 16.5. The Bertz CT molecular complexity index is 1040. The minimum atomic E-state index is 0.341. The molecule has 1 aliphatic rings. The Balaban J connectivity index is 1.53. The van der Waals surface area contributed by atoms with Crippen molar-refractivity contribution in [3.63, 3.8) is 0 Å². The molecule has 1 heterocycles. The summed E-state index contributed by atoms with van der Waals surface area (Å²) >= 11 is 0. The summed E-state index contributed by atoms with van der Waals surface area (Å²) in [5.74, 6) is 1.96. The molecular formula is C26H29N3O. The lowest BCUT2D eigenvalue weighted by atomic mass is 10.0. The fraction of sp³-hybridized carbons (Fsp3) is 0.269. The summed E-state index contributed by atoms with van der Waals surface area (Å²) in [4.78, 5) is 8.19. The van der Waals surface area contributed by atoms with Crippen LogP contribution in [0.2, 0.25) is 0 Å². The number of aromatic nitrogens is 2. The SMILES string of the molecule is CC[C@@H](NCC1=CC(Cc2nc3ccccc3[nH]2)=C(OC)CC=C1)c1ccccc1. The van der Waals surface area contributed by atoms with Gasteiger partial charge >= 0.3 is 0 Å². The summed E-state index contributed by atoms with van der Waals surface area (Å²) in [6.07, 6.45) is 9.20.